The molecule has 0 N–H and O–H groups in total. The molecule has 0 amide bonds. The Labute approximate surface area is 70.0 Å². The Kier molecular flexibility index (Phi) is 8.50. The highest BCUT2D eigenvalue weighted by molar-refractivity contribution is 5.13. The Morgan fingerprint density at radius 2 is 1.64 bits per heavy atom. The van der Waals surface area contributed by atoms with Gasteiger partial charge in [-0.05, 0) is 5.56 Å². The van der Waals surface area contributed by atoms with Crippen LogP contribution in [0.15, 0.2) is 30.3 Å². The molecule has 0 radical (unpaired) electrons. The summed E-state index contributed by atoms with van der Waals surface area (Å²) in [7, 11) is 1.70. The smallest absolute Gasteiger partial charge is 0.0713 e. The van der Waals surface area contributed by atoms with Crippen LogP contribution in [0.3, 0.4) is 0 Å². The van der Waals surface area contributed by atoms with Crippen molar-refractivity contribution in [3.63, 3.8) is 0 Å². The summed E-state index contributed by atoms with van der Waals surface area (Å²) in [5.74, 6) is 0. The summed E-state index contributed by atoms with van der Waals surface area (Å²) in [6, 6.07) is 10.1. The van der Waals surface area contributed by atoms with Crippen LogP contribution in [0.2, 0.25) is 0 Å². The van der Waals surface area contributed by atoms with Gasteiger partial charge in [0.15, 0.2) is 0 Å². The van der Waals surface area contributed by atoms with Gasteiger partial charge in [0, 0.05) is 7.11 Å². The molecule has 0 aromatic heterocycles. The van der Waals surface area contributed by atoms with Gasteiger partial charge in [-0.25, -0.2) is 0 Å². The standard InChI is InChI=1S/C8H10O.2CH4/c1-9-7-8-5-3-2-4-6-8;;/h2-6H,7H2,1H3;2*1H4. The first-order valence-electron chi connectivity index (χ1n) is 2.96. The largest absolute Gasteiger partial charge is 0.380 e. The SMILES string of the molecule is C.C.COCc1ccccc1. The van der Waals surface area contributed by atoms with Crippen LogP contribution in [-0.4, -0.2) is 7.11 Å². The Morgan fingerprint density at radius 1 is 1.09 bits per heavy atom. The molecule has 1 heteroatoms. The highest BCUT2D eigenvalue weighted by Gasteiger charge is 1.84. The summed E-state index contributed by atoms with van der Waals surface area (Å²) in [6.45, 7) is 0.709. The van der Waals surface area contributed by atoms with Gasteiger partial charge in [0.25, 0.3) is 0 Å². The summed E-state index contributed by atoms with van der Waals surface area (Å²) in [5, 5.41) is 0. The van der Waals surface area contributed by atoms with E-state index in [4.69, 9.17) is 4.74 Å². The minimum atomic E-state index is 0. The van der Waals surface area contributed by atoms with Crippen LogP contribution in [0.25, 0.3) is 0 Å². The number of ether oxygens (including phenoxy) is 1. The second-order valence-corrected chi connectivity index (χ2v) is 1.92. The Balaban J connectivity index is 0. The molecule has 1 aromatic rings. The summed E-state index contributed by atoms with van der Waals surface area (Å²) >= 11 is 0. The van der Waals surface area contributed by atoms with Crippen molar-refractivity contribution in [3.8, 4) is 0 Å². The minimum Gasteiger partial charge on any atom is -0.380 e. The predicted molar refractivity (Wildman–Crippen MR) is 50.6 cm³/mol. The molecule has 0 heterocycles. The van der Waals surface area contributed by atoms with Gasteiger partial charge >= 0.3 is 0 Å². The zero-order valence-electron chi connectivity index (χ0n) is 5.50. The molecule has 1 rings (SSSR count). The maximum Gasteiger partial charge on any atom is 0.0713 e. The van der Waals surface area contributed by atoms with Crippen molar-refractivity contribution in [1.29, 1.82) is 0 Å². The molecule has 0 aliphatic rings. The molecule has 0 spiro atoms. The maximum absolute atomic E-state index is 4.93. The molecule has 64 valence electrons. The van der Waals surface area contributed by atoms with Crippen molar-refractivity contribution >= 4 is 0 Å². The van der Waals surface area contributed by atoms with Crippen molar-refractivity contribution in [2.24, 2.45) is 0 Å². The average molecular weight is 154 g/mol. The van der Waals surface area contributed by atoms with Crippen molar-refractivity contribution in [3.05, 3.63) is 35.9 Å². The maximum atomic E-state index is 4.93. The Morgan fingerprint density at radius 3 is 2.09 bits per heavy atom. The third kappa shape index (κ3) is 4.57. The van der Waals surface area contributed by atoms with E-state index >= 15 is 0 Å². The summed E-state index contributed by atoms with van der Waals surface area (Å²) < 4.78 is 4.93. The van der Waals surface area contributed by atoms with Gasteiger partial charge in [-0.2, -0.15) is 0 Å². The fourth-order valence-electron chi connectivity index (χ4n) is 0.741. The van der Waals surface area contributed by atoms with Crippen LogP contribution in [0, 0.1) is 0 Å². The van der Waals surface area contributed by atoms with E-state index in [0.717, 1.165) is 0 Å². The second-order valence-electron chi connectivity index (χ2n) is 1.92. The van der Waals surface area contributed by atoms with Crippen LogP contribution >= 0.6 is 0 Å². The third-order valence-electron chi connectivity index (χ3n) is 1.15. The Bertz CT molecular complexity index is 158. The van der Waals surface area contributed by atoms with Crippen LogP contribution in [0.1, 0.15) is 20.4 Å². The molecule has 1 aromatic carbocycles. The lowest BCUT2D eigenvalue weighted by atomic mass is 10.2. The summed E-state index contributed by atoms with van der Waals surface area (Å²) in [4.78, 5) is 0. The zero-order valence-corrected chi connectivity index (χ0v) is 5.50. The van der Waals surface area contributed by atoms with E-state index in [1.807, 2.05) is 30.3 Å². The summed E-state index contributed by atoms with van der Waals surface area (Å²) in [5.41, 5.74) is 1.22. The van der Waals surface area contributed by atoms with E-state index in [0.29, 0.717) is 6.61 Å². The molecular weight excluding hydrogens is 136 g/mol. The first-order valence-corrected chi connectivity index (χ1v) is 2.96. The average Bonchev–Trinajstić information content (AvgIpc) is 1.91. The second kappa shape index (κ2) is 7.29. The van der Waals surface area contributed by atoms with E-state index in [1.165, 1.54) is 5.56 Å². The molecule has 0 aliphatic carbocycles. The van der Waals surface area contributed by atoms with E-state index in [2.05, 4.69) is 0 Å². The van der Waals surface area contributed by atoms with Crippen molar-refractivity contribution < 1.29 is 4.74 Å². The van der Waals surface area contributed by atoms with Gasteiger partial charge in [-0.1, -0.05) is 45.2 Å². The van der Waals surface area contributed by atoms with Gasteiger partial charge in [0.1, 0.15) is 0 Å². The van der Waals surface area contributed by atoms with E-state index in [-0.39, 0.29) is 14.9 Å². The molecule has 0 atom stereocenters. The fraction of sp³-hybridized carbons (Fsp3) is 0.400. The number of rotatable bonds is 2. The fourth-order valence-corrected chi connectivity index (χ4v) is 0.741. The van der Waals surface area contributed by atoms with Crippen molar-refractivity contribution in [2.45, 2.75) is 21.5 Å². The Hall–Kier alpha value is -0.820. The number of benzene rings is 1. The number of hydrogen-bond donors (Lipinski definition) is 0. The minimum absolute atomic E-state index is 0. The van der Waals surface area contributed by atoms with Gasteiger partial charge in [0.05, 0.1) is 6.61 Å². The lowest BCUT2D eigenvalue weighted by Crippen LogP contribution is -1.84. The molecular formula is C10H18O. The third-order valence-corrected chi connectivity index (χ3v) is 1.15. The monoisotopic (exact) mass is 154 g/mol. The highest BCUT2D eigenvalue weighted by Crippen LogP contribution is 1.98. The number of methoxy groups -OCH3 is 1. The molecule has 0 saturated carbocycles. The number of hydrogen-bond acceptors (Lipinski definition) is 1. The molecule has 0 aliphatic heterocycles. The molecule has 1 nitrogen and oxygen atoms in total. The molecule has 0 saturated heterocycles. The highest BCUT2D eigenvalue weighted by atomic mass is 16.5. The van der Waals surface area contributed by atoms with E-state index in [1.54, 1.807) is 7.11 Å². The van der Waals surface area contributed by atoms with Gasteiger partial charge in [-0.15, -0.1) is 0 Å². The van der Waals surface area contributed by atoms with E-state index < -0.39 is 0 Å². The van der Waals surface area contributed by atoms with Gasteiger partial charge in [0.2, 0.25) is 0 Å². The molecule has 0 bridgehead atoms. The normalized spacial score (nSPS) is 7.73. The lowest BCUT2D eigenvalue weighted by Gasteiger charge is -1.95. The molecule has 11 heavy (non-hydrogen) atoms. The summed E-state index contributed by atoms with van der Waals surface area (Å²) in [6.07, 6.45) is 0. The van der Waals surface area contributed by atoms with Crippen LogP contribution in [0.4, 0.5) is 0 Å². The quantitative estimate of drug-likeness (QED) is 0.636. The topological polar surface area (TPSA) is 9.23 Å². The van der Waals surface area contributed by atoms with Gasteiger partial charge < -0.3 is 4.74 Å². The molecule has 0 fully saturated rings. The van der Waals surface area contributed by atoms with Crippen molar-refractivity contribution in [2.75, 3.05) is 7.11 Å². The van der Waals surface area contributed by atoms with E-state index in [9.17, 15) is 0 Å². The lowest BCUT2D eigenvalue weighted by molar-refractivity contribution is 0.185. The van der Waals surface area contributed by atoms with Gasteiger partial charge in [-0.3, -0.25) is 0 Å². The van der Waals surface area contributed by atoms with Crippen molar-refractivity contribution in [1.82, 2.24) is 0 Å². The van der Waals surface area contributed by atoms with Crippen LogP contribution in [0.5, 0.6) is 0 Å². The van der Waals surface area contributed by atoms with Crippen LogP contribution < -0.4 is 0 Å². The first kappa shape index (κ1) is 12.8. The molecule has 0 unspecified atom stereocenters. The zero-order chi connectivity index (χ0) is 6.53. The first-order chi connectivity index (χ1) is 4.43. The predicted octanol–water partition coefficient (Wildman–Crippen LogP) is 3.11. The van der Waals surface area contributed by atoms with Crippen LogP contribution in [-0.2, 0) is 11.3 Å².